The molecule has 0 aliphatic rings. The quantitative estimate of drug-likeness (QED) is 0.307. The first-order chi connectivity index (χ1) is 13.8. The van der Waals surface area contributed by atoms with Crippen molar-refractivity contribution in [2.75, 3.05) is 0 Å². The van der Waals surface area contributed by atoms with Gasteiger partial charge in [0.1, 0.15) is 24.2 Å². The zero-order chi connectivity index (χ0) is 19.9. The van der Waals surface area contributed by atoms with Crippen LogP contribution in [-0.2, 0) is 18.0 Å². The van der Waals surface area contributed by atoms with Gasteiger partial charge in [0.05, 0.1) is 6.61 Å². The summed E-state index contributed by atoms with van der Waals surface area (Å²) in [5.74, 6) is 1.43. The minimum Gasteiger partial charge on any atom is -0.461 e. The van der Waals surface area contributed by atoms with Crippen molar-refractivity contribution in [3.05, 3.63) is 59.5 Å². The van der Waals surface area contributed by atoms with Crippen molar-refractivity contribution in [3.63, 3.8) is 0 Å². The lowest BCUT2D eigenvalue weighted by atomic mass is 10.0. The monoisotopic (exact) mass is 386 g/mol. The molecule has 0 aliphatic heterocycles. The number of aliphatic hydroxyl groups excluding tert-OH is 1. The van der Waals surface area contributed by atoms with E-state index in [1.807, 2.05) is 42.5 Å². The highest BCUT2D eigenvalue weighted by Crippen LogP contribution is 2.23. The van der Waals surface area contributed by atoms with Crippen LogP contribution in [0.15, 0.2) is 46.9 Å². The molecule has 0 saturated heterocycles. The number of unbranched alkanes of at least 4 members (excludes halogenated alkanes) is 9. The van der Waals surface area contributed by atoms with E-state index in [0.717, 1.165) is 24.2 Å². The Morgan fingerprint density at radius 3 is 2.11 bits per heavy atom. The molecular weight excluding hydrogens is 348 g/mol. The van der Waals surface area contributed by atoms with E-state index < -0.39 is 6.10 Å². The van der Waals surface area contributed by atoms with Crippen LogP contribution in [0, 0.1) is 0 Å². The van der Waals surface area contributed by atoms with Crippen molar-refractivity contribution in [3.8, 4) is 0 Å². The van der Waals surface area contributed by atoms with Crippen LogP contribution in [0.3, 0.4) is 0 Å². The standard InChI is InChI=1S/C25H38O3/c1-2-3-4-5-6-7-8-9-10-14-17-24(26)25-19-18-23(28-25)21-27-20-22-15-12-11-13-16-22/h11-13,15-16,18-19,24,26H,2-10,14,17,20-21H2,1H3. The molecule has 1 N–H and O–H groups in total. The maximum absolute atomic E-state index is 10.3. The number of hydrogen-bond acceptors (Lipinski definition) is 3. The molecule has 0 fully saturated rings. The Bertz CT molecular complexity index is 605. The van der Waals surface area contributed by atoms with Gasteiger partial charge < -0.3 is 14.3 Å². The van der Waals surface area contributed by atoms with Crippen LogP contribution in [0.2, 0.25) is 0 Å². The normalized spacial score (nSPS) is 12.4. The summed E-state index contributed by atoms with van der Waals surface area (Å²) in [7, 11) is 0. The Balaban J connectivity index is 1.51. The molecule has 0 spiro atoms. The molecule has 28 heavy (non-hydrogen) atoms. The molecule has 1 aromatic carbocycles. The van der Waals surface area contributed by atoms with Gasteiger partial charge in [-0.05, 0) is 24.1 Å². The second kappa shape index (κ2) is 14.4. The molecule has 0 radical (unpaired) electrons. The van der Waals surface area contributed by atoms with Gasteiger partial charge in [-0.3, -0.25) is 0 Å². The maximum atomic E-state index is 10.3. The van der Waals surface area contributed by atoms with Crippen LogP contribution in [-0.4, -0.2) is 5.11 Å². The van der Waals surface area contributed by atoms with Crippen molar-refractivity contribution in [1.29, 1.82) is 0 Å². The molecule has 0 amide bonds. The van der Waals surface area contributed by atoms with E-state index in [9.17, 15) is 5.11 Å². The summed E-state index contributed by atoms with van der Waals surface area (Å²) >= 11 is 0. The molecule has 0 bridgehead atoms. The van der Waals surface area contributed by atoms with Crippen LogP contribution in [0.5, 0.6) is 0 Å². The fourth-order valence-electron chi connectivity index (χ4n) is 3.46. The molecule has 3 nitrogen and oxygen atoms in total. The lowest BCUT2D eigenvalue weighted by molar-refractivity contribution is 0.0849. The molecule has 1 unspecified atom stereocenters. The SMILES string of the molecule is CCCCCCCCCCCCC(O)c1ccc(COCc2ccccc2)o1. The first-order valence-corrected chi connectivity index (χ1v) is 11.2. The first-order valence-electron chi connectivity index (χ1n) is 11.2. The Morgan fingerprint density at radius 1 is 0.786 bits per heavy atom. The largest absolute Gasteiger partial charge is 0.461 e. The molecule has 1 aromatic heterocycles. The van der Waals surface area contributed by atoms with E-state index in [4.69, 9.17) is 9.15 Å². The van der Waals surface area contributed by atoms with Crippen molar-refractivity contribution in [2.45, 2.75) is 96.9 Å². The van der Waals surface area contributed by atoms with Crippen molar-refractivity contribution in [2.24, 2.45) is 0 Å². The van der Waals surface area contributed by atoms with Gasteiger partial charge in [-0.1, -0.05) is 101 Å². The van der Waals surface area contributed by atoms with Crippen molar-refractivity contribution < 1.29 is 14.3 Å². The summed E-state index contributed by atoms with van der Waals surface area (Å²) in [5.41, 5.74) is 1.15. The predicted octanol–water partition coefficient (Wildman–Crippen LogP) is 7.34. The molecule has 0 saturated carbocycles. The maximum Gasteiger partial charge on any atom is 0.132 e. The molecule has 1 heterocycles. The van der Waals surface area contributed by atoms with Crippen LogP contribution in [0.1, 0.15) is 101 Å². The number of benzene rings is 1. The van der Waals surface area contributed by atoms with Crippen LogP contribution < -0.4 is 0 Å². The van der Waals surface area contributed by atoms with Crippen molar-refractivity contribution in [1.82, 2.24) is 0 Å². The Morgan fingerprint density at radius 2 is 1.43 bits per heavy atom. The summed E-state index contributed by atoms with van der Waals surface area (Å²) in [6.45, 7) is 3.26. The molecule has 156 valence electrons. The van der Waals surface area contributed by atoms with Gasteiger partial charge in [0.2, 0.25) is 0 Å². The zero-order valence-corrected chi connectivity index (χ0v) is 17.6. The van der Waals surface area contributed by atoms with Gasteiger partial charge >= 0.3 is 0 Å². The Labute approximate surface area is 171 Å². The van der Waals surface area contributed by atoms with Gasteiger partial charge in [-0.15, -0.1) is 0 Å². The lowest BCUT2D eigenvalue weighted by Gasteiger charge is -2.08. The predicted molar refractivity (Wildman–Crippen MR) is 115 cm³/mol. The Hall–Kier alpha value is -1.58. The van der Waals surface area contributed by atoms with Crippen LogP contribution >= 0.6 is 0 Å². The molecule has 2 aromatic rings. The van der Waals surface area contributed by atoms with Crippen molar-refractivity contribution >= 4 is 0 Å². The third-order valence-corrected chi connectivity index (χ3v) is 5.20. The van der Waals surface area contributed by atoms with Gasteiger partial charge in [-0.2, -0.15) is 0 Å². The van der Waals surface area contributed by atoms with E-state index in [0.29, 0.717) is 19.0 Å². The average molecular weight is 387 g/mol. The highest BCUT2D eigenvalue weighted by atomic mass is 16.5. The van der Waals surface area contributed by atoms with Gasteiger partial charge in [-0.25, -0.2) is 0 Å². The highest BCUT2D eigenvalue weighted by Gasteiger charge is 2.12. The summed E-state index contributed by atoms with van der Waals surface area (Å²) in [6.07, 6.45) is 13.3. The summed E-state index contributed by atoms with van der Waals surface area (Å²) < 4.78 is 11.4. The number of aliphatic hydroxyl groups is 1. The van der Waals surface area contributed by atoms with Gasteiger partial charge in [0, 0.05) is 0 Å². The second-order valence-electron chi connectivity index (χ2n) is 7.77. The topological polar surface area (TPSA) is 42.6 Å². The third-order valence-electron chi connectivity index (χ3n) is 5.20. The van der Waals surface area contributed by atoms with E-state index in [1.165, 1.54) is 57.8 Å². The number of hydrogen-bond donors (Lipinski definition) is 1. The minimum absolute atomic E-state index is 0.430. The minimum atomic E-state index is -0.503. The third kappa shape index (κ3) is 9.57. The van der Waals surface area contributed by atoms with Crippen LogP contribution in [0.4, 0.5) is 0 Å². The first kappa shape index (κ1) is 22.7. The van der Waals surface area contributed by atoms with E-state index >= 15 is 0 Å². The highest BCUT2D eigenvalue weighted by molar-refractivity contribution is 5.13. The lowest BCUT2D eigenvalue weighted by Crippen LogP contribution is -1.96. The molecular formula is C25H38O3. The Kier molecular flexibility index (Phi) is 11.7. The average Bonchev–Trinajstić information content (AvgIpc) is 3.19. The molecule has 1 atom stereocenters. The van der Waals surface area contributed by atoms with E-state index in [1.54, 1.807) is 0 Å². The summed E-state index contributed by atoms with van der Waals surface area (Å²) in [5, 5.41) is 10.3. The smallest absolute Gasteiger partial charge is 0.132 e. The van der Waals surface area contributed by atoms with E-state index in [-0.39, 0.29) is 0 Å². The van der Waals surface area contributed by atoms with Gasteiger partial charge in [0.25, 0.3) is 0 Å². The number of ether oxygens (including phenoxy) is 1. The molecule has 2 rings (SSSR count). The number of rotatable bonds is 16. The number of furan rings is 1. The van der Waals surface area contributed by atoms with Gasteiger partial charge in [0.15, 0.2) is 0 Å². The van der Waals surface area contributed by atoms with E-state index in [2.05, 4.69) is 6.92 Å². The molecule has 3 heteroatoms. The summed E-state index contributed by atoms with van der Waals surface area (Å²) in [4.78, 5) is 0. The summed E-state index contributed by atoms with van der Waals surface area (Å²) in [6, 6.07) is 13.9. The fourth-order valence-corrected chi connectivity index (χ4v) is 3.46. The fraction of sp³-hybridized carbons (Fsp3) is 0.600. The second-order valence-corrected chi connectivity index (χ2v) is 7.77. The van der Waals surface area contributed by atoms with Crippen LogP contribution in [0.25, 0.3) is 0 Å². The zero-order valence-electron chi connectivity index (χ0n) is 17.6. The molecule has 0 aliphatic carbocycles.